The Labute approximate surface area is 170 Å². The third kappa shape index (κ3) is 3.63. The number of ether oxygens (including phenoxy) is 2. The van der Waals surface area contributed by atoms with Crippen LogP contribution in [0.2, 0.25) is 0 Å². The highest BCUT2D eigenvalue weighted by Gasteiger charge is 2.65. The second-order valence-corrected chi connectivity index (χ2v) is 11.0. The molecule has 28 heavy (non-hydrogen) atoms. The van der Waals surface area contributed by atoms with Crippen LogP contribution in [-0.4, -0.2) is 56.0 Å². The molecule has 6 atom stereocenters. The van der Waals surface area contributed by atoms with E-state index in [1.54, 1.807) is 4.90 Å². The molecule has 2 aliphatic carbocycles. The fraction of sp³-hybridized carbons (Fsp3) is 0.957. The highest BCUT2D eigenvalue weighted by molar-refractivity contribution is 5.75. The molecule has 3 N–H and O–H groups in total. The van der Waals surface area contributed by atoms with Crippen molar-refractivity contribution in [2.75, 3.05) is 26.2 Å². The first-order valence-electron chi connectivity index (χ1n) is 11.8. The van der Waals surface area contributed by atoms with E-state index in [1.165, 1.54) is 19.3 Å². The van der Waals surface area contributed by atoms with Gasteiger partial charge in [-0.1, -0.05) is 6.92 Å². The SMILES string of the molecule is CC(C)[NH+](CC[NH2+]C[C@H]1C(=O)O[C@@H]2C[C@@]3(C)CCC[C@]4(CO4)[C@@H]3C[C@@H]21)C(C)C. The van der Waals surface area contributed by atoms with Gasteiger partial charge in [0.15, 0.2) is 0 Å². The second-order valence-electron chi connectivity index (χ2n) is 11.0. The van der Waals surface area contributed by atoms with Crippen LogP contribution in [0.15, 0.2) is 0 Å². The van der Waals surface area contributed by atoms with E-state index in [1.807, 2.05) is 0 Å². The molecule has 0 aromatic rings. The van der Waals surface area contributed by atoms with Gasteiger partial charge in [-0.25, -0.2) is 0 Å². The fourth-order valence-corrected chi connectivity index (χ4v) is 7.04. The summed E-state index contributed by atoms with van der Waals surface area (Å²) in [6, 6.07) is 1.29. The topological polar surface area (TPSA) is 59.9 Å². The predicted molar refractivity (Wildman–Crippen MR) is 108 cm³/mol. The third-order valence-corrected chi connectivity index (χ3v) is 8.62. The Bertz CT molecular complexity index is 580. The van der Waals surface area contributed by atoms with Gasteiger partial charge in [-0.3, -0.25) is 4.79 Å². The first-order valence-corrected chi connectivity index (χ1v) is 11.8. The van der Waals surface area contributed by atoms with Crippen LogP contribution in [-0.2, 0) is 14.3 Å². The summed E-state index contributed by atoms with van der Waals surface area (Å²) in [5.74, 6) is 1.17. The third-order valence-electron chi connectivity index (χ3n) is 8.62. The maximum atomic E-state index is 12.7. The number of hydrogen-bond acceptors (Lipinski definition) is 3. The lowest BCUT2D eigenvalue weighted by atomic mass is 9.53. The van der Waals surface area contributed by atoms with Crippen LogP contribution >= 0.6 is 0 Å². The van der Waals surface area contributed by atoms with E-state index in [-0.39, 0.29) is 23.6 Å². The molecule has 0 amide bonds. The zero-order chi connectivity index (χ0) is 20.1. The van der Waals surface area contributed by atoms with Crippen molar-refractivity contribution < 1.29 is 24.5 Å². The molecule has 160 valence electrons. The quantitative estimate of drug-likeness (QED) is 0.381. The van der Waals surface area contributed by atoms with Crippen LogP contribution in [0.1, 0.15) is 66.7 Å². The average Bonchev–Trinajstić information content (AvgIpc) is 3.30. The summed E-state index contributed by atoms with van der Waals surface area (Å²) in [4.78, 5) is 14.3. The molecule has 2 aliphatic heterocycles. The molecule has 0 aromatic carbocycles. The molecule has 2 saturated carbocycles. The van der Waals surface area contributed by atoms with Crippen LogP contribution in [0.4, 0.5) is 0 Å². The molecule has 4 fully saturated rings. The van der Waals surface area contributed by atoms with Crippen molar-refractivity contribution in [3.63, 3.8) is 0 Å². The highest BCUT2D eigenvalue weighted by Crippen LogP contribution is 2.62. The molecular weight excluding hydrogens is 352 g/mol. The maximum Gasteiger partial charge on any atom is 0.315 e. The maximum absolute atomic E-state index is 12.7. The van der Waals surface area contributed by atoms with E-state index in [2.05, 4.69) is 39.9 Å². The van der Waals surface area contributed by atoms with Gasteiger partial charge in [-0.05, 0) is 71.1 Å². The molecule has 0 radical (unpaired) electrons. The van der Waals surface area contributed by atoms with Gasteiger partial charge in [0.1, 0.15) is 25.1 Å². The Kier molecular flexibility index (Phi) is 5.56. The van der Waals surface area contributed by atoms with Crippen LogP contribution in [0.25, 0.3) is 0 Å². The van der Waals surface area contributed by atoms with Gasteiger partial charge < -0.3 is 19.7 Å². The summed E-state index contributed by atoms with van der Waals surface area (Å²) in [7, 11) is 0. The molecule has 1 spiro atoms. The number of hydrogen-bond donors (Lipinski definition) is 2. The van der Waals surface area contributed by atoms with Crippen molar-refractivity contribution in [3.05, 3.63) is 0 Å². The molecule has 5 heteroatoms. The van der Waals surface area contributed by atoms with Gasteiger partial charge in [0, 0.05) is 5.92 Å². The predicted octanol–water partition coefficient (Wildman–Crippen LogP) is 0.779. The summed E-state index contributed by atoms with van der Waals surface area (Å²) in [6.45, 7) is 15.7. The van der Waals surface area contributed by atoms with E-state index < -0.39 is 0 Å². The molecule has 0 bridgehead atoms. The molecule has 0 aromatic heterocycles. The van der Waals surface area contributed by atoms with Crippen molar-refractivity contribution in [2.45, 2.75) is 90.5 Å². The summed E-state index contributed by atoms with van der Waals surface area (Å²) in [5.41, 5.74) is 0.448. The van der Waals surface area contributed by atoms with Crippen LogP contribution < -0.4 is 10.2 Å². The van der Waals surface area contributed by atoms with Gasteiger partial charge in [-0.15, -0.1) is 0 Å². The Hall–Kier alpha value is -0.650. The minimum absolute atomic E-state index is 0.0659. The number of carbonyl (C=O) groups excluding carboxylic acids is 1. The molecule has 2 saturated heterocycles. The first-order chi connectivity index (χ1) is 13.3. The fourth-order valence-electron chi connectivity index (χ4n) is 7.04. The zero-order valence-electron chi connectivity index (χ0n) is 18.6. The van der Waals surface area contributed by atoms with E-state index in [0.717, 1.165) is 39.1 Å². The van der Waals surface area contributed by atoms with Crippen molar-refractivity contribution in [1.29, 1.82) is 0 Å². The number of rotatable bonds is 7. The number of fused-ring (bicyclic) bond motifs is 3. The molecule has 5 nitrogen and oxygen atoms in total. The summed E-state index contributed by atoms with van der Waals surface area (Å²) < 4.78 is 11.9. The van der Waals surface area contributed by atoms with E-state index in [9.17, 15) is 4.79 Å². The largest absolute Gasteiger partial charge is 0.462 e. The van der Waals surface area contributed by atoms with Gasteiger partial charge in [0.05, 0.1) is 30.8 Å². The lowest BCUT2D eigenvalue weighted by Crippen LogP contribution is -3.19. The second kappa shape index (κ2) is 7.55. The summed E-state index contributed by atoms with van der Waals surface area (Å²) in [5, 5.41) is 2.37. The van der Waals surface area contributed by atoms with E-state index >= 15 is 0 Å². The molecule has 0 unspecified atom stereocenters. The molecule has 2 heterocycles. The number of quaternary nitrogens is 2. The van der Waals surface area contributed by atoms with Crippen molar-refractivity contribution in [2.24, 2.45) is 23.2 Å². The van der Waals surface area contributed by atoms with Crippen molar-refractivity contribution in [1.82, 2.24) is 0 Å². The van der Waals surface area contributed by atoms with Gasteiger partial charge in [-0.2, -0.15) is 0 Å². The smallest absolute Gasteiger partial charge is 0.315 e. The summed E-state index contributed by atoms with van der Waals surface area (Å²) in [6.07, 6.45) is 6.08. The number of esters is 1. The standard InChI is InChI=1S/C23H40N2O3/c1-15(2)25(16(3)4)10-9-24-13-18-17-11-20-22(5,12-19(17)28-21(18)26)7-6-8-23(20)14-27-23/h15-20,24H,6-14H2,1-5H3/p+2/t17-,18-,19-,20-,22-,23+/m1/s1. The normalized spacial score (nSPS) is 42.2. The lowest BCUT2D eigenvalue weighted by Gasteiger charge is -2.51. The van der Waals surface area contributed by atoms with Gasteiger partial charge in [0.2, 0.25) is 0 Å². The lowest BCUT2D eigenvalue weighted by molar-refractivity contribution is -0.952. The highest BCUT2D eigenvalue weighted by atomic mass is 16.6. The number of epoxide rings is 1. The van der Waals surface area contributed by atoms with E-state index in [0.29, 0.717) is 29.3 Å². The van der Waals surface area contributed by atoms with Gasteiger partial charge >= 0.3 is 5.97 Å². The van der Waals surface area contributed by atoms with Crippen molar-refractivity contribution in [3.8, 4) is 0 Å². The van der Waals surface area contributed by atoms with E-state index in [4.69, 9.17) is 9.47 Å². The average molecular weight is 395 g/mol. The molecular formula is C23H42N2O3+2. The monoisotopic (exact) mass is 394 g/mol. The number of nitrogens with two attached hydrogens (primary N) is 1. The molecule has 4 aliphatic rings. The Morgan fingerprint density at radius 1 is 1.21 bits per heavy atom. The summed E-state index contributed by atoms with van der Waals surface area (Å²) >= 11 is 0. The number of nitrogens with one attached hydrogen (secondary N) is 1. The minimum atomic E-state index is 0.0659. The zero-order valence-corrected chi connectivity index (χ0v) is 18.6. The number of carbonyl (C=O) groups is 1. The van der Waals surface area contributed by atoms with Crippen LogP contribution in [0.5, 0.6) is 0 Å². The minimum Gasteiger partial charge on any atom is -0.462 e. The van der Waals surface area contributed by atoms with Gasteiger partial charge in [0.25, 0.3) is 0 Å². The Morgan fingerprint density at radius 3 is 2.57 bits per heavy atom. The Balaban J connectivity index is 1.35. The Morgan fingerprint density at radius 2 is 1.93 bits per heavy atom. The van der Waals surface area contributed by atoms with Crippen LogP contribution in [0.3, 0.4) is 0 Å². The first kappa shape index (κ1) is 20.6. The molecule has 4 rings (SSSR count). The van der Waals surface area contributed by atoms with Crippen molar-refractivity contribution >= 4 is 5.97 Å². The van der Waals surface area contributed by atoms with Crippen LogP contribution in [0, 0.1) is 23.2 Å².